The Labute approximate surface area is 296 Å². The maximum atomic E-state index is 14.0. The SMILES string of the molecule is C=C(C)[C@@H]1CC[C@]2(NCCN3CCCC3=O)CC[C@]3(C)[C@H](CCC4[C@@]5(C)CC=C(C6=CC[C@](CF)(C(=O)O)CC6)C(C)(C)C5CC[C@]43C)C12. The van der Waals surface area contributed by atoms with Crippen molar-refractivity contribution in [1.82, 2.24) is 10.2 Å². The van der Waals surface area contributed by atoms with Crippen molar-refractivity contribution in [2.24, 2.45) is 56.7 Å². The number of amides is 1. The first-order valence-corrected chi connectivity index (χ1v) is 20.0. The quantitative estimate of drug-likeness (QED) is 0.252. The van der Waals surface area contributed by atoms with Gasteiger partial charge in [0, 0.05) is 31.6 Å². The van der Waals surface area contributed by atoms with Gasteiger partial charge in [-0.25, -0.2) is 4.39 Å². The normalized spacial score (nSPS) is 45.8. The molecule has 1 heterocycles. The van der Waals surface area contributed by atoms with Crippen molar-refractivity contribution in [2.45, 2.75) is 137 Å². The largest absolute Gasteiger partial charge is 0.481 e. The van der Waals surface area contributed by atoms with E-state index in [0.29, 0.717) is 61.2 Å². The smallest absolute Gasteiger partial charge is 0.312 e. The monoisotopic (exact) mass is 676 g/mol. The number of alkyl halides is 1. The Hall–Kier alpha value is -1.95. The molecule has 3 unspecified atom stereocenters. The van der Waals surface area contributed by atoms with Gasteiger partial charge in [-0.1, -0.05) is 58.9 Å². The van der Waals surface area contributed by atoms with Gasteiger partial charge < -0.3 is 15.3 Å². The van der Waals surface area contributed by atoms with Crippen LogP contribution in [0.2, 0.25) is 0 Å². The number of rotatable bonds is 8. The highest BCUT2D eigenvalue weighted by Crippen LogP contribution is 2.76. The summed E-state index contributed by atoms with van der Waals surface area (Å²) in [4.78, 5) is 26.4. The molecule has 0 bridgehead atoms. The van der Waals surface area contributed by atoms with Crippen LogP contribution < -0.4 is 5.32 Å². The Kier molecular flexibility index (Phi) is 8.72. The van der Waals surface area contributed by atoms with Crippen molar-refractivity contribution in [3.05, 3.63) is 35.5 Å². The van der Waals surface area contributed by atoms with Crippen LogP contribution in [0.4, 0.5) is 4.39 Å². The summed E-state index contributed by atoms with van der Waals surface area (Å²) in [6.45, 7) is 21.7. The number of carbonyl (C=O) groups excluding carboxylic acids is 1. The molecule has 0 aromatic heterocycles. The van der Waals surface area contributed by atoms with Crippen molar-refractivity contribution in [2.75, 3.05) is 26.3 Å². The molecule has 0 aromatic rings. The van der Waals surface area contributed by atoms with Crippen LogP contribution in [-0.4, -0.2) is 53.7 Å². The number of allylic oxidation sites excluding steroid dienone is 5. The number of halogens is 1. The maximum absolute atomic E-state index is 14.0. The summed E-state index contributed by atoms with van der Waals surface area (Å²) in [7, 11) is 0. The number of aliphatic carboxylic acids is 1. The molecule has 0 radical (unpaired) electrons. The van der Waals surface area contributed by atoms with Gasteiger partial charge >= 0.3 is 5.97 Å². The molecule has 272 valence electrons. The van der Waals surface area contributed by atoms with Gasteiger partial charge in [-0.15, -0.1) is 0 Å². The van der Waals surface area contributed by atoms with E-state index in [1.165, 1.54) is 68.1 Å². The molecule has 7 rings (SSSR count). The van der Waals surface area contributed by atoms with E-state index in [1.807, 2.05) is 0 Å². The third-order valence-corrected chi connectivity index (χ3v) is 17.3. The second-order valence-corrected chi connectivity index (χ2v) is 19.4. The lowest BCUT2D eigenvalue weighted by Crippen LogP contribution is -2.68. The van der Waals surface area contributed by atoms with Gasteiger partial charge in [-0.3, -0.25) is 9.59 Å². The molecular formula is C43H65FN2O3. The minimum Gasteiger partial charge on any atom is -0.481 e. The molecule has 5 fully saturated rings. The van der Waals surface area contributed by atoms with E-state index in [9.17, 15) is 19.1 Å². The predicted octanol–water partition coefficient (Wildman–Crippen LogP) is 9.30. The van der Waals surface area contributed by atoms with Crippen LogP contribution in [-0.2, 0) is 9.59 Å². The number of nitrogens with one attached hydrogen (secondary N) is 1. The second-order valence-electron chi connectivity index (χ2n) is 19.4. The third kappa shape index (κ3) is 5.05. The van der Waals surface area contributed by atoms with Crippen LogP contribution in [0.5, 0.6) is 0 Å². The summed E-state index contributed by atoms with van der Waals surface area (Å²) >= 11 is 0. The van der Waals surface area contributed by atoms with E-state index in [4.69, 9.17) is 0 Å². The van der Waals surface area contributed by atoms with Crippen LogP contribution in [0.15, 0.2) is 35.5 Å². The van der Waals surface area contributed by atoms with Gasteiger partial charge in [0.1, 0.15) is 6.67 Å². The highest BCUT2D eigenvalue weighted by Gasteiger charge is 2.70. The highest BCUT2D eigenvalue weighted by molar-refractivity contribution is 5.78. The summed E-state index contributed by atoms with van der Waals surface area (Å²) in [6.07, 6.45) is 18.8. The second kappa shape index (κ2) is 12.1. The number of likely N-dealkylation sites (tertiary alicyclic amines) is 1. The molecule has 7 aliphatic rings. The molecule has 49 heavy (non-hydrogen) atoms. The topological polar surface area (TPSA) is 69.6 Å². The number of nitrogens with zero attached hydrogens (tertiary/aromatic N) is 1. The van der Waals surface area contributed by atoms with Gasteiger partial charge in [0.15, 0.2) is 0 Å². The first-order chi connectivity index (χ1) is 23.1. The maximum Gasteiger partial charge on any atom is 0.312 e. The molecule has 2 N–H and O–H groups in total. The summed E-state index contributed by atoms with van der Waals surface area (Å²) in [5.74, 6) is 2.41. The minimum absolute atomic E-state index is 0.00425. The predicted molar refractivity (Wildman–Crippen MR) is 195 cm³/mol. The number of hydrogen-bond acceptors (Lipinski definition) is 3. The highest BCUT2D eigenvalue weighted by atomic mass is 19.1. The van der Waals surface area contributed by atoms with Gasteiger partial charge in [0.25, 0.3) is 0 Å². The Morgan fingerprint density at radius 3 is 2.37 bits per heavy atom. The zero-order valence-electron chi connectivity index (χ0n) is 31.6. The van der Waals surface area contributed by atoms with Gasteiger partial charge in [-0.05, 0) is 153 Å². The van der Waals surface area contributed by atoms with Crippen molar-refractivity contribution in [3.8, 4) is 0 Å². The van der Waals surface area contributed by atoms with Gasteiger partial charge in [0.2, 0.25) is 5.91 Å². The van der Waals surface area contributed by atoms with E-state index < -0.39 is 18.1 Å². The molecule has 4 saturated carbocycles. The molecule has 1 aliphatic heterocycles. The zero-order chi connectivity index (χ0) is 35.2. The van der Waals surface area contributed by atoms with Gasteiger partial charge in [-0.2, -0.15) is 0 Å². The Morgan fingerprint density at radius 1 is 0.959 bits per heavy atom. The fourth-order valence-corrected chi connectivity index (χ4v) is 14.5. The number of hydrogen-bond donors (Lipinski definition) is 2. The standard InChI is InChI=1S/C43H65FN2O3/c1-28(2)30-14-21-43(45-24-26-46-25-8-9-35(46)47)23-22-40(6)32(36(30)43)10-11-34-39(5)17-15-31(38(3,4)33(39)16-18-41(34,40)7)29-12-19-42(27-44,20-13-29)37(48)49/h12,15,30,32-34,36,45H,1,8-11,13-14,16-27H2,2-7H3,(H,48,49)/t30-,32+,33?,34?,36?,39-,40+,41+,42-,43-/m0/s1. The Bertz CT molecular complexity index is 1450. The van der Waals surface area contributed by atoms with Crippen molar-refractivity contribution in [1.29, 1.82) is 0 Å². The van der Waals surface area contributed by atoms with Crippen LogP contribution >= 0.6 is 0 Å². The van der Waals surface area contributed by atoms with Crippen molar-refractivity contribution in [3.63, 3.8) is 0 Å². The zero-order valence-corrected chi connectivity index (χ0v) is 31.6. The first kappa shape index (κ1) is 35.5. The van der Waals surface area contributed by atoms with E-state index in [1.54, 1.807) is 0 Å². The number of carbonyl (C=O) groups is 2. The molecule has 1 saturated heterocycles. The lowest BCUT2D eigenvalue weighted by atomic mass is 9.33. The molecular weight excluding hydrogens is 611 g/mol. The molecule has 0 aromatic carbocycles. The lowest BCUT2D eigenvalue weighted by Gasteiger charge is -2.72. The molecule has 0 spiro atoms. The lowest BCUT2D eigenvalue weighted by molar-refractivity contribution is -0.221. The molecule has 6 aliphatic carbocycles. The Balaban J connectivity index is 1.16. The Morgan fingerprint density at radius 2 is 1.73 bits per heavy atom. The summed E-state index contributed by atoms with van der Waals surface area (Å²) in [5, 5.41) is 14.0. The fraction of sp³-hybridized carbons (Fsp3) is 0.814. The number of fused-ring (bicyclic) bond motifs is 7. The molecule has 5 nitrogen and oxygen atoms in total. The average molecular weight is 677 g/mol. The van der Waals surface area contributed by atoms with Crippen molar-refractivity contribution < 1.29 is 19.1 Å². The summed E-state index contributed by atoms with van der Waals surface area (Å²) in [6, 6.07) is 0. The van der Waals surface area contributed by atoms with Crippen molar-refractivity contribution >= 4 is 11.9 Å². The van der Waals surface area contributed by atoms with E-state index in [-0.39, 0.29) is 27.2 Å². The number of carboxylic acids is 1. The van der Waals surface area contributed by atoms with Crippen LogP contribution in [0, 0.1) is 56.7 Å². The van der Waals surface area contributed by atoms with Crippen LogP contribution in [0.3, 0.4) is 0 Å². The minimum atomic E-state index is -1.25. The van der Waals surface area contributed by atoms with Crippen LogP contribution in [0.25, 0.3) is 0 Å². The average Bonchev–Trinajstić information content (AvgIpc) is 3.65. The van der Waals surface area contributed by atoms with E-state index in [2.05, 4.69) is 70.5 Å². The number of carboxylic acid groups (broad SMARTS) is 1. The fourth-order valence-electron chi connectivity index (χ4n) is 14.5. The summed E-state index contributed by atoms with van der Waals surface area (Å²) in [5.41, 5.74) is 3.71. The molecule has 10 atom stereocenters. The first-order valence-electron chi connectivity index (χ1n) is 20.0. The van der Waals surface area contributed by atoms with E-state index in [0.717, 1.165) is 32.5 Å². The molecule has 1 amide bonds. The molecule has 6 heteroatoms. The summed E-state index contributed by atoms with van der Waals surface area (Å²) < 4.78 is 14.0. The van der Waals surface area contributed by atoms with Gasteiger partial charge in [0.05, 0.1) is 5.41 Å². The van der Waals surface area contributed by atoms with Crippen LogP contribution in [0.1, 0.15) is 131 Å². The van der Waals surface area contributed by atoms with E-state index >= 15 is 0 Å². The third-order valence-electron chi connectivity index (χ3n) is 17.3.